The average Bonchev–Trinajstić information content (AvgIpc) is 1.61. The SMILES string of the molecule is CC(=O)OCC(=O)[O-]. The van der Waals surface area contributed by atoms with Crippen molar-refractivity contribution in [2.45, 2.75) is 6.92 Å². The number of hydrogen-bond acceptors (Lipinski definition) is 4. The highest BCUT2D eigenvalue weighted by molar-refractivity contribution is 5.72. The number of ether oxygens (including phenoxy) is 1. The van der Waals surface area contributed by atoms with Gasteiger partial charge in [-0.25, -0.2) is 0 Å². The Morgan fingerprint density at radius 3 is 2.25 bits per heavy atom. The van der Waals surface area contributed by atoms with Crippen molar-refractivity contribution in [2.24, 2.45) is 0 Å². The molecule has 0 aromatic rings. The van der Waals surface area contributed by atoms with Crippen LogP contribution in [0.4, 0.5) is 0 Å². The summed E-state index contributed by atoms with van der Waals surface area (Å²) in [4.78, 5) is 19.4. The van der Waals surface area contributed by atoms with Crippen LogP contribution >= 0.6 is 0 Å². The fourth-order valence-corrected chi connectivity index (χ4v) is 0.161. The summed E-state index contributed by atoms with van der Waals surface area (Å²) in [6, 6.07) is 0. The smallest absolute Gasteiger partial charge is 0.303 e. The molecule has 0 saturated carbocycles. The van der Waals surface area contributed by atoms with Crippen LogP contribution in [0.3, 0.4) is 0 Å². The number of carbonyl (C=O) groups is 2. The first kappa shape index (κ1) is 6.94. The largest absolute Gasteiger partial charge is 0.546 e. The lowest BCUT2D eigenvalue weighted by Gasteiger charge is -1.99. The van der Waals surface area contributed by atoms with Gasteiger partial charge in [0.2, 0.25) is 0 Å². The Labute approximate surface area is 46.1 Å². The minimum absolute atomic E-state index is 0.616. The minimum atomic E-state index is -1.39. The molecule has 0 saturated heterocycles. The van der Waals surface area contributed by atoms with Gasteiger partial charge >= 0.3 is 5.97 Å². The number of rotatable bonds is 2. The summed E-state index contributed by atoms with van der Waals surface area (Å²) in [5.74, 6) is -2.01. The first-order valence-electron chi connectivity index (χ1n) is 1.96. The predicted octanol–water partition coefficient (Wildman–Crippen LogP) is -1.70. The lowest BCUT2D eigenvalue weighted by Crippen LogP contribution is -2.28. The Balaban J connectivity index is 3.18. The fourth-order valence-electron chi connectivity index (χ4n) is 0.161. The standard InChI is InChI=1S/C4H6O4/c1-3(5)8-2-4(6)7/h2H2,1H3,(H,6,7)/p-1. The number of carboxylic acid groups (broad SMARTS) is 1. The molecule has 4 nitrogen and oxygen atoms in total. The molecule has 0 fully saturated rings. The summed E-state index contributed by atoms with van der Waals surface area (Å²) in [6.07, 6.45) is 0. The lowest BCUT2D eigenvalue weighted by atomic mass is 10.7. The molecule has 0 bridgehead atoms. The third-order valence-electron chi connectivity index (χ3n) is 0.393. The highest BCUT2D eigenvalue weighted by Gasteiger charge is 1.89. The molecular weight excluding hydrogens is 112 g/mol. The number of carbonyl (C=O) groups excluding carboxylic acids is 2. The van der Waals surface area contributed by atoms with Gasteiger partial charge < -0.3 is 14.6 Å². The van der Waals surface area contributed by atoms with Crippen LogP contribution < -0.4 is 5.11 Å². The molecule has 0 spiro atoms. The third kappa shape index (κ3) is 4.94. The molecule has 0 aromatic carbocycles. The van der Waals surface area contributed by atoms with Gasteiger partial charge in [0.05, 0.1) is 5.97 Å². The molecule has 0 aromatic heterocycles. The van der Waals surface area contributed by atoms with Crippen LogP contribution in [0.25, 0.3) is 0 Å². The summed E-state index contributed by atoms with van der Waals surface area (Å²) < 4.78 is 4.00. The predicted molar refractivity (Wildman–Crippen MR) is 21.6 cm³/mol. The van der Waals surface area contributed by atoms with Crippen molar-refractivity contribution in [3.8, 4) is 0 Å². The quantitative estimate of drug-likeness (QED) is 0.404. The van der Waals surface area contributed by atoms with Crippen LogP contribution in [0.1, 0.15) is 6.92 Å². The van der Waals surface area contributed by atoms with Gasteiger partial charge in [-0.3, -0.25) is 4.79 Å². The molecule has 0 aliphatic carbocycles. The van der Waals surface area contributed by atoms with E-state index in [1.807, 2.05) is 0 Å². The first-order chi connectivity index (χ1) is 3.63. The summed E-state index contributed by atoms with van der Waals surface area (Å²) in [7, 11) is 0. The van der Waals surface area contributed by atoms with Crippen LogP contribution in [0.5, 0.6) is 0 Å². The van der Waals surface area contributed by atoms with Gasteiger partial charge in [0.1, 0.15) is 6.61 Å². The molecule has 0 unspecified atom stereocenters. The Bertz CT molecular complexity index is 92.6. The van der Waals surface area contributed by atoms with Gasteiger partial charge in [0.25, 0.3) is 0 Å². The molecular formula is C4H5O4-. The fraction of sp³-hybridized carbons (Fsp3) is 0.500. The molecule has 8 heavy (non-hydrogen) atoms. The van der Waals surface area contributed by atoms with Crippen LogP contribution in [-0.2, 0) is 14.3 Å². The van der Waals surface area contributed by atoms with E-state index >= 15 is 0 Å². The van der Waals surface area contributed by atoms with E-state index in [0.717, 1.165) is 6.92 Å². The number of carboxylic acids is 1. The van der Waals surface area contributed by atoms with E-state index in [1.54, 1.807) is 0 Å². The molecule has 0 aliphatic heterocycles. The maximum Gasteiger partial charge on any atom is 0.303 e. The van der Waals surface area contributed by atoms with Crippen molar-refractivity contribution in [1.82, 2.24) is 0 Å². The highest BCUT2D eigenvalue weighted by atomic mass is 16.5. The zero-order valence-corrected chi connectivity index (χ0v) is 4.34. The topological polar surface area (TPSA) is 66.4 Å². The molecule has 0 amide bonds. The van der Waals surface area contributed by atoms with Crippen LogP contribution in [0, 0.1) is 0 Å². The number of hydrogen-bond donors (Lipinski definition) is 0. The van der Waals surface area contributed by atoms with Crippen LogP contribution in [-0.4, -0.2) is 18.5 Å². The maximum absolute atomic E-state index is 9.83. The van der Waals surface area contributed by atoms with Gasteiger partial charge in [-0.2, -0.15) is 0 Å². The van der Waals surface area contributed by atoms with Crippen molar-refractivity contribution in [1.29, 1.82) is 0 Å². The van der Waals surface area contributed by atoms with E-state index in [-0.39, 0.29) is 0 Å². The second-order valence-electron chi connectivity index (χ2n) is 1.15. The van der Waals surface area contributed by atoms with Crippen molar-refractivity contribution >= 4 is 11.9 Å². The van der Waals surface area contributed by atoms with Crippen molar-refractivity contribution < 1.29 is 19.4 Å². The molecule has 0 heterocycles. The van der Waals surface area contributed by atoms with Crippen molar-refractivity contribution in [2.75, 3.05) is 6.61 Å². The zero-order valence-electron chi connectivity index (χ0n) is 4.34. The van der Waals surface area contributed by atoms with Gasteiger partial charge in [0, 0.05) is 6.92 Å². The van der Waals surface area contributed by atoms with E-state index in [0.29, 0.717) is 0 Å². The summed E-state index contributed by atoms with van der Waals surface area (Å²) in [5, 5.41) is 9.52. The van der Waals surface area contributed by atoms with Gasteiger partial charge in [-0.15, -0.1) is 0 Å². The molecule has 0 aliphatic rings. The normalized spacial score (nSPS) is 8.12. The van der Waals surface area contributed by atoms with Gasteiger partial charge in [0.15, 0.2) is 0 Å². The Morgan fingerprint density at radius 2 is 2.12 bits per heavy atom. The summed E-state index contributed by atoms with van der Waals surface area (Å²) >= 11 is 0. The molecule has 4 heteroatoms. The Kier molecular flexibility index (Phi) is 2.61. The van der Waals surface area contributed by atoms with E-state index in [4.69, 9.17) is 0 Å². The summed E-state index contributed by atoms with van der Waals surface area (Å²) in [6.45, 7) is 0.471. The Hall–Kier alpha value is -1.06. The van der Waals surface area contributed by atoms with Crippen molar-refractivity contribution in [3.63, 3.8) is 0 Å². The maximum atomic E-state index is 9.83. The molecule has 0 N–H and O–H groups in total. The highest BCUT2D eigenvalue weighted by Crippen LogP contribution is 1.71. The first-order valence-corrected chi connectivity index (χ1v) is 1.96. The zero-order chi connectivity index (χ0) is 6.57. The molecule has 0 radical (unpaired) electrons. The third-order valence-corrected chi connectivity index (χ3v) is 0.393. The summed E-state index contributed by atoms with van der Waals surface area (Å²) in [5.41, 5.74) is 0. The number of aliphatic carboxylic acids is 1. The van der Waals surface area contributed by atoms with E-state index in [1.165, 1.54) is 0 Å². The van der Waals surface area contributed by atoms with E-state index < -0.39 is 18.5 Å². The number of esters is 1. The lowest BCUT2D eigenvalue weighted by molar-refractivity contribution is -0.308. The van der Waals surface area contributed by atoms with Gasteiger partial charge in [-0.05, 0) is 0 Å². The second-order valence-corrected chi connectivity index (χ2v) is 1.15. The minimum Gasteiger partial charge on any atom is -0.546 e. The van der Waals surface area contributed by atoms with Gasteiger partial charge in [-0.1, -0.05) is 0 Å². The molecule has 0 atom stereocenters. The molecule has 46 valence electrons. The molecule has 0 rings (SSSR count). The van der Waals surface area contributed by atoms with Crippen molar-refractivity contribution in [3.05, 3.63) is 0 Å². The van der Waals surface area contributed by atoms with Crippen LogP contribution in [0.2, 0.25) is 0 Å². The van der Waals surface area contributed by atoms with E-state index in [9.17, 15) is 14.7 Å². The second kappa shape index (κ2) is 3.01. The van der Waals surface area contributed by atoms with E-state index in [2.05, 4.69) is 4.74 Å². The monoisotopic (exact) mass is 117 g/mol. The Morgan fingerprint density at radius 1 is 1.62 bits per heavy atom. The average molecular weight is 117 g/mol. The van der Waals surface area contributed by atoms with Crippen LogP contribution in [0.15, 0.2) is 0 Å².